The molecule has 0 saturated carbocycles. The van der Waals surface area contributed by atoms with Gasteiger partial charge in [0.1, 0.15) is 5.01 Å². The summed E-state index contributed by atoms with van der Waals surface area (Å²) in [6.45, 7) is 4.02. The first-order valence-electron chi connectivity index (χ1n) is 5.05. The Balaban J connectivity index is 2.22. The highest BCUT2D eigenvalue weighted by Gasteiger charge is 2.33. The summed E-state index contributed by atoms with van der Waals surface area (Å²) in [4.78, 5) is 8.13. The van der Waals surface area contributed by atoms with E-state index in [4.69, 9.17) is 5.73 Å². The van der Waals surface area contributed by atoms with E-state index >= 15 is 0 Å². The van der Waals surface area contributed by atoms with E-state index in [-0.39, 0.29) is 0 Å². The monoisotopic (exact) mass is 211 g/mol. The van der Waals surface area contributed by atoms with Crippen LogP contribution in [0.2, 0.25) is 0 Å². The van der Waals surface area contributed by atoms with Gasteiger partial charge in [0.05, 0.1) is 6.04 Å². The third-order valence-corrected chi connectivity index (χ3v) is 3.95. The summed E-state index contributed by atoms with van der Waals surface area (Å²) >= 11 is 1.80. The molecule has 2 N–H and O–H groups in total. The molecule has 2 atom stereocenters. The molecular weight excluding hydrogens is 194 g/mol. The third-order valence-electron chi connectivity index (χ3n) is 2.97. The van der Waals surface area contributed by atoms with Gasteiger partial charge in [0, 0.05) is 11.1 Å². The predicted molar refractivity (Wildman–Crippen MR) is 59.4 cm³/mol. The highest BCUT2D eigenvalue weighted by molar-refractivity contribution is 7.11. The average molecular weight is 211 g/mol. The summed E-state index contributed by atoms with van der Waals surface area (Å²) in [7, 11) is 2.16. The van der Waals surface area contributed by atoms with Crippen LogP contribution in [0.1, 0.15) is 22.3 Å². The Morgan fingerprint density at radius 3 is 3.07 bits per heavy atom. The molecule has 1 aliphatic rings. The van der Waals surface area contributed by atoms with Gasteiger partial charge in [0.25, 0.3) is 0 Å². The molecule has 0 radical (unpaired) electrons. The van der Waals surface area contributed by atoms with E-state index in [1.807, 2.05) is 6.20 Å². The highest BCUT2D eigenvalue weighted by atomic mass is 32.1. The largest absolute Gasteiger partial charge is 0.330 e. The first-order chi connectivity index (χ1) is 6.72. The van der Waals surface area contributed by atoms with Gasteiger partial charge >= 0.3 is 0 Å². The molecule has 4 heteroatoms. The molecule has 3 nitrogen and oxygen atoms in total. The Bertz CT molecular complexity index is 310. The number of likely N-dealkylation sites (tertiary alicyclic amines) is 1. The standard InChI is InChI=1S/C10H17N3S/c1-7-6-12-10(14-7)9-8(5-11)3-4-13(9)2/h6,8-9H,3-5,11H2,1-2H3. The smallest absolute Gasteiger partial charge is 0.110 e. The van der Waals surface area contributed by atoms with Gasteiger partial charge in [-0.1, -0.05) is 0 Å². The van der Waals surface area contributed by atoms with Crippen molar-refractivity contribution in [3.8, 4) is 0 Å². The Hall–Kier alpha value is -0.450. The molecule has 0 bridgehead atoms. The zero-order valence-electron chi connectivity index (χ0n) is 8.73. The fourth-order valence-electron chi connectivity index (χ4n) is 2.17. The molecule has 2 heterocycles. The zero-order chi connectivity index (χ0) is 10.1. The molecule has 1 saturated heterocycles. The van der Waals surface area contributed by atoms with Crippen molar-refractivity contribution in [2.75, 3.05) is 20.1 Å². The molecule has 2 rings (SSSR count). The lowest BCUT2D eigenvalue weighted by atomic mass is 10.0. The molecule has 2 unspecified atom stereocenters. The van der Waals surface area contributed by atoms with E-state index in [0.29, 0.717) is 12.0 Å². The molecule has 0 amide bonds. The summed E-state index contributed by atoms with van der Waals surface area (Å²) in [6.07, 6.45) is 3.16. The number of hydrogen-bond donors (Lipinski definition) is 1. The SMILES string of the molecule is Cc1cnc(C2C(CN)CCN2C)s1. The predicted octanol–water partition coefficient (Wildman–Crippen LogP) is 1.40. The van der Waals surface area contributed by atoms with Crippen LogP contribution in [-0.2, 0) is 0 Å². The molecule has 1 fully saturated rings. The minimum absolute atomic E-state index is 0.457. The second-order valence-corrected chi connectivity index (χ2v) is 5.29. The topological polar surface area (TPSA) is 42.1 Å². The first kappa shape index (κ1) is 10.1. The van der Waals surface area contributed by atoms with Gasteiger partial charge in [-0.25, -0.2) is 4.98 Å². The van der Waals surface area contributed by atoms with Crippen molar-refractivity contribution in [3.63, 3.8) is 0 Å². The molecule has 14 heavy (non-hydrogen) atoms. The van der Waals surface area contributed by atoms with Crippen LogP contribution in [0.4, 0.5) is 0 Å². The Kier molecular flexibility index (Phi) is 2.85. The van der Waals surface area contributed by atoms with E-state index in [0.717, 1.165) is 13.1 Å². The van der Waals surface area contributed by atoms with Crippen molar-refractivity contribution < 1.29 is 0 Å². The lowest BCUT2D eigenvalue weighted by molar-refractivity contribution is 0.279. The van der Waals surface area contributed by atoms with E-state index < -0.39 is 0 Å². The second kappa shape index (κ2) is 3.96. The fraction of sp³-hybridized carbons (Fsp3) is 0.700. The fourth-order valence-corrected chi connectivity index (χ4v) is 3.21. The van der Waals surface area contributed by atoms with Crippen LogP contribution in [0.5, 0.6) is 0 Å². The van der Waals surface area contributed by atoms with Crippen LogP contribution in [0.25, 0.3) is 0 Å². The van der Waals surface area contributed by atoms with E-state index in [2.05, 4.69) is 23.9 Å². The number of thiazole rings is 1. The van der Waals surface area contributed by atoms with E-state index in [1.165, 1.54) is 16.3 Å². The Labute approximate surface area is 88.9 Å². The molecule has 1 aliphatic heterocycles. The maximum Gasteiger partial charge on any atom is 0.110 e. The zero-order valence-corrected chi connectivity index (χ0v) is 9.55. The number of nitrogens with two attached hydrogens (primary N) is 1. The number of hydrogen-bond acceptors (Lipinski definition) is 4. The van der Waals surface area contributed by atoms with Crippen LogP contribution < -0.4 is 5.73 Å². The molecule has 1 aromatic rings. The Morgan fingerprint density at radius 2 is 2.50 bits per heavy atom. The van der Waals surface area contributed by atoms with E-state index in [9.17, 15) is 0 Å². The van der Waals surface area contributed by atoms with Crippen LogP contribution in [-0.4, -0.2) is 30.0 Å². The molecule has 0 aliphatic carbocycles. The maximum absolute atomic E-state index is 5.78. The molecule has 78 valence electrons. The van der Waals surface area contributed by atoms with Crippen LogP contribution >= 0.6 is 11.3 Å². The third kappa shape index (κ3) is 1.69. The van der Waals surface area contributed by atoms with Crippen LogP contribution in [0.3, 0.4) is 0 Å². The van der Waals surface area contributed by atoms with Crippen molar-refractivity contribution >= 4 is 11.3 Å². The van der Waals surface area contributed by atoms with Crippen molar-refractivity contribution in [2.24, 2.45) is 11.7 Å². The van der Waals surface area contributed by atoms with Crippen molar-refractivity contribution in [3.05, 3.63) is 16.1 Å². The van der Waals surface area contributed by atoms with Gasteiger partial charge in [-0.15, -0.1) is 11.3 Å². The minimum atomic E-state index is 0.457. The second-order valence-electron chi connectivity index (χ2n) is 4.02. The summed E-state index contributed by atoms with van der Waals surface area (Å²) in [5.74, 6) is 0.588. The summed E-state index contributed by atoms with van der Waals surface area (Å²) in [5.41, 5.74) is 5.78. The van der Waals surface area contributed by atoms with Crippen molar-refractivity contribution in [1.29, 1.82) is 0 Å². The van der Waals surface area contributed by atoms with Gasteiger partial charge < -0.3 is 5.73 Å². The number of rotatable bonds is 2. The van der Waals surface area contributed by atoms with E-state index in [1.54, 1.807) is 11.3 Å². The maximum atomic E-state index is 5.78. The quantitative estimate of drug-likeness (QED) is 0.804. The lowest BCUT2D eigenvalue weighted by Gasteiger charge is -2.21. The van der Waals surface area contributed by atoms with Crippen LogP contribution in [0.15, 0.2) is 6.20 Å². The number of aromatic nitrogens is 1. The lowest BCUT2D eigenvalue weighted by Crippen LogP contribution is -2.24. The first-order valence-corrected chi connectivity index (χ1v) is 5.86. The van der Waals surface area contributed by atoms with Gasteiger partial charge in [-0.2, -0.15) is 0 Å². The number of nitrogens with zero attached hydrogens (tertiary/aromatic N) is 2. The summed E-state index contributed by atoms with van der Waals surface area (Å²) in [6, 6.07) is 0.457. The van der Waals surface area contributed by atoms with Gasteiger partial charge in [-0.05, 0) is 39.4 Å². The summed E-state index contributed by atoms with van der Waals surface area (Å²) in [5, 5.41) is 1.23. The Morgan fingerprint density at radius 1 is 1.71 bits per heavy atom. The van der Waals surface area contributed by atoms with Crippen molar-refractivity contribution in [1.82, 2.24) is 9.88 Å². The molecule has 1 aromatic heterocycles. The van der Waals surface area contributed by atoms with Gasteiger partial charge in [0.2, 0.25) is 0 Å². The molecule has 0 spiro atoms. The normalized spacial score (nSPS) is 28.5. The van der Waals surface area contributed by atoms with Crippen molar-refractivity contribution in [2.45, 2.75) is 19.4 Å². The highest BCUT2D eigenvalue weighted by Crippen LogP contribution is 2.36. The molecular formula is C10H17N3S. The van der Waals surface area contributed by atoms with Gasteiger partial charge in [-0.3, -0.25) is 4.90 Å². The van der Waals surface area contributed by atoms with Gasteiger partial charge in [0.15, 0.2) is 0 Å². The average Bonchev–Trinajstić information content (AvgIpc) is 2.71. The molecule has 0 aromatic carbocycles. The minimum Gasteiger partial charge on any atom is -0.330 e. The van der Waals surface area contributed by atoms with Crippen LogP contribution in [0, 0.1) is 12.8 Å². The number of aryl methyl sites for hydroxylation is 1. The summed E-state index contributed by atoms with van der Waals surface area (Å²) < 4.78 is 0.